The molecule has 0 unspecified atom stereocenters. The summed E-state index contributed by atoms with van der Waals surface area (Å²) in [5, 5.41) is 3.44. The van der Waals surface area contributed by atoms with Gasteiger partial charge in [0.1, 0.15) is 0 Å². The fraction of sp³-hybridized carbons (Fsp3) is 0.800. The van der Waals surface area contributed by atoms with Crippen molar-refractivity contribution in [3.63, 3.8) is 0 Å². The third-order valence-electron chi connectivity index (χ3n) is 4.47. The zero-order valence-electron chi connectivity index (χ0n) is 12.4. The van der Waals surface area contributed by atoms with E-state index in [0.29, 0.717) is 6.04 Å². The van der Waals surface area contributed by atoms with Crippen LogP contribution in [-0.2, 0) is 22.4 Å². The van der Waals surface area contributed by atoms with E-state index in [9.17, 15) is 0 Å². The van der Waals surface area contributed by atoms with Crippen LogP contribution >= 0.6 is 11.3 Å². The molecule has 0 aromatic carbocycles. The molecule has 2 heterocycles. The van der Waals surface area contributed by atoms with E-state index in [1.165, 1.54) is 10.7 Å². The minimum atomic E-state index is -0.243. The third-order valence-corrected chi connectivity index (χ3v) is 5.51. The van der Waals surface area contributed by atoms with Crippen molar-refractivity contribution in [1.82, 2.24) is 9.88 Å². The van der Waals surface area contributed by atoms with Gasteiger partial charge in [0, 0.05) is 30.8 Å². The molecule has 20 heavy (non-hydrogen) atoms. The van der Waals surface area contributed by atoms with Gasteiger partial charge in [-0.25, -0.2) is 4.98 Å². The summed E-state index contributed by atoms with van der Waals surface area (Å²) in [7, 11) is 2.21. The van der Waals surface area contributed by atoms with Crippen molar-refractivity contribution in [2.24, 2.45) is 0 Å². The average molecular weight is 296 g/mol. The van der Waals surface area contributed by atoms with Crippen molar-refractivity contribution in [3.8, 4) is 0 Å². The Bertz CT molecular complexity index is 433. The number of nitrogens with zero attached hydrogens (tertiary/aromatic N) is 2. The molecule has 1 aromatic heterocycles. The molecule has 1 saturated carbocycles. The first-order valence-corrected chi connectivity index (χ1v) is 8.50. The maximum Gasteiger partial charge on any atom is 0.168 e. The van der Waals surface area contributed by atoms with Crippen molar-refractivity contribution < 1.29 is 9.47 Å². The Kier molecular flexibility index (Phi) is 4.40. The topological polar surface area (TPSA) is 34.6 Å². The minimum Gasteiger partial charge on any atom is -0.348 e. The fourth-order valence-corrected chi connectivity index (χ4v) is 3.97. The summed E-state index contributed by atoms with van der Waals surface area (Å²) in [5.74, 6) is -0.243. The normalized spacial score (nSPS) is 22.9. The van der Waals surface area contributed by atoms with Crippen LogP contribution in [0.1, 0.15) is 43.3 Å². The molecular weight excluding hydrogens is 272 g/mol. The number of thiazole rings is 1. The Labute approximate surface area is 125 Å². The van der Waals surface area contributed by atoms with Crippen LogP contribution in [0.25, 0.3) is 0 Å². The molecule has 2 aliphatic rings. The Morgan fingerprint density at radius 2 is 2.05 bits per heavy atom. The van der Waals surface area contributed by atoms with E-state index < -0.39 is 0 Å². The largest absolute Gasteiger partial charge is 0.348 e. The lowest BCUT2D eigenvalue weighted by Gasteiger charge is -2.38. The van der Waals surface area contributed by atoms with Gasteiger partial charge in [0.15, 0.2) is 5.79 Å². The Morgan fingerprint density at radius 1 is 1.35 bits per heavy atom. The van der Waals surface area contributed by atoms with Gasteiger partial charge < -0.3 is 9.47 Å². The van der Waals surface area contributed by atoms with Gasteiger partial charge in [0.05, 0.1) is 23.9 Å². The summed E-state index contributed by atoms with van der Waals surface area (Å²) in [5.41, 5.74) is 1.21. The first-order chi connectivity index (χ1) is 9.71. The molecule has 1 spiro atoms. The minimum absolute atomic E-state index is 0.243. The number of aryl methyl sites for hydroxylation is 1. The van der Waals surface area contributed by atoms with Crippen molar-refractivity contribution >= 4 is 11.3 Å². The van der Waals surface area contributed by atoms with E-state index in [0.717, 1.165) is 51.9 Å². The Balaban J connectivity index is 1.52. The molecule has 2 fully saturated rings. The first kappa shape index (κ1) is 14.4. The molecule has 5 heteroatoms. The predicted molar refractivity (Wildman–Crippen MR) is 79.9 cm³/mol. The monoisotopic (exact) mass is 296 g/mol. The highest BCUT2D eigenvalue weighted by molar-refractivity contribution is 7.09. The molecule has 1 aliphatic carbocycles. The lowest BCUT2D eigenvalue weighted by atomic mass is 9.89. The number of hydrogen-bond acceptors (Lipinski definition) is 5. The summed E-state index contributed by atoms with van der Waals surface area (Å²) < 4.78 is 11.6. The molecule has 0 bridgehead atoms. The SMILES string of the molecule is CCc1nc(CN(C)C2CCC3(CC2)OCCO3)cs1. The molecule has 4 nitrogen and oxygen atoms in total. The number of ether oxygens (including phenoxy) is 2. The van der Waals surface area contributed by atoms with Crippen molar-refractivity contribution in [2.75, 3.05) is 20.3 Å². The third kappa shape index (κ3) is 3.06. The van der Waals surface area contributed by atoms with Gasteiger partial charge in [-0.3, -0.25) is 4.90 Å². The summed E-state index contributed by atoms with van der Waals surface area (Å²) in [6.45, 7) is 4.64. The first-order valence-electron chi connectivity index (χ1n) is 7.62. The van der Waals surface area contributed by atoms with E-state index >= 15 is 0 Å². The van der Waals surface area contributed by atoms with E-state index in [4.69, 9.17) is 9.47 Å². The van der Waals surface area contributed by atoms with Gasteiger partial charge in [-0.1, -0.05) is 6.92 Å². The van der Waals surface area contributed by atoms with Gasteiger partial charge >= 0.3 is 0 Å². The summed E-state index contributed by atoms with van der Waals surface area (Å²) in [6, 6.07) is 0.625. The molecule has 1 aromatic rings. The summed E-state index contributed by atoms with van der Waals surface area (Å²) in [4.78, 5) is 7.10. The molecule has 0 N–H and O–H groups in total. The summed E-state index contributed by atoms with van der Waals surface area (Å²) in [6.07, 6.45) is 5.40. The van der Waals surface area contributed by atoms with Crippen molar-refractivity contribution in [3.05, 3.63) is 16.1 Å². The quantitative estimate of drug-likeness (QED) is 0.856. The lowest BCUT2D eigenvalue weighted by Crippen LogP contribution is -2.42. The number of rotatable bonds is 4. The highest BCUT2D eigenvalue weighted by atomic mass is 32.1. The van der Waals surface area contributed by atoms with Crippen LogP contribution in [0.5, 0.6) is 0 Å². The van der Waals surface area contributed by atoms with Crippen LogP contribution in [0.15, 0.2) is 5.38 Å². The van der Waals surface area contributed by atoms with Gasteiger partial charge in [-0.15, -0.1) is 11.3 Å². The van der Waals surface area contributed by atoms with Crippen LogP contribution in [0.3, 0.4) is 0 Å². The van der Waals surface area contributed by atoms with Crippen molar-refractivity contribution in [2.45, 2.75) is 57.4 Å². The van der Waals surface area contributed by atoms with Crippen LogP contribution in [0, 0.1) is 0 Å². The van der Waals surface area contributed by atoms with Crippen LogP contribution in [0.2, 0.25) is 0 Å². The van der Waals surface area contributed by atoms with Gasteiger partial charge in [-0.05, 0) is 26.3 Å². The molecule has 0 atom stereocenters. The highest BCUT2D eigenvalue weighted by Gasteiger charge is 2.41. The lowest BCUT2D eigenvalue weighted by molar-refractivity contribution is -0.183. The number of hydrogen-bond donors (Lipinski definition) is 0. The van der Waals surface area contributed by atoms with E-state index in [2.05, 4.69) is 29.2 Å². The zero-order chi connectivity index (χ0) is 14.0. The average Bonchev–Trinajstić information content (AvgIpc) is 3.09. The van der Waals surface area contributed by atoms with Gasteiger partial charge in [-0.2, -0.15) is 0 Å². The highest BCUT2D eigenvalue weighted by Crippen LogP contribution is 2.37. The Hall–Kier alpha value is -0.490. The molecule has 0 amide bonds. The van der Waals surface area contributed by atoms with E-state index in [1.807, 2.05) is 0 Å². The molecule has 3 rings (SSSR count). The maximum atomic E-state index is 5.79. The second kappa shape index (κ2) is 6.10. The Morgan fingerprint density at radius 3 is 2.65 bits per heavy atom. The molecule has 0 radical (unpaired) electrons. The van der Waals surface area contributed by atoms with Crippen LogP contribution in [0.4, 0.5) is 0 Å². The molecule has 1 aliphatic heterocycles. The standard InChI is InChI=1S/C15H24N2O2S/c1-3-14-16-12(11-20-14)10-17(2)13-4-6-15(7-5-13)18-8-9-19-15/h11,13H,3-10H2,1-2H3. The second-order valence-corrected chi connectivity index (χ2v) is 6.78. The van der Waals surface area contributed by atoms with Crippen LogP contribution < -0.4 is 0 Å². The smallest absolute Gasteiger partial charge is 0.168 e. The van der Waals surface area contributed by atoms with Crippen LogP contribution in [-0.4, -0.2) is 42.0 Å². The van der Waals surface area contributed by atoms with E-state index in [-0.39, 0.29) is 5.79 Å². The molecule has 112 valence electrons. The second-order valence-electron chi connectivity index (χ2n) is 5.84. The molecular formula is C15H24N2O2S. The molecule has 1 saturated heterocycles. The van der Waals surface area contributed by atoms with Crippen molar-refractivity contribution in [1.29, 1.82) is 0 Å². The maximum absolute atomic E-state index is 5.79. The van der Waals surface area contributed by atoms with Gasteiger partial charge in [0.2, 0.25) is 0 Å². The fourth-order valence-electron chi connectivity index (χ4n) is 3.24. The van der Waals surface area contributed by atoms with E-state index in [1.54, 1.807) is 11.3 Å². The zero-order valence-corrected chi connectivity index (χ0v) is 13.2. The van der Waals surface area contributed by atoms with Gasteiger partial charge in [0.25, 0.3) is 0 Å². The number of aromatic nitrogens is 1. The summed E-state index contributed by atoms with van der Waals surface area (Å²) >= 11 is 1.78. The predicted octanol–water partition coefficient (Wildman–Crippen LogP) is 2.82.